The predicted octanol–water partition coefficient (Wildman–Crippen LogP) is 3.15. The topological polar surface area (TPSA) is 72.0 Å². The molecule has 1 heterocycles. The van der Waals surface area contributed by atoms with Gasteiger partial charge in [-0.3, -0.25) is 4.72 Å². The molecule has 0 radical (unpaired) electrons. The van der Waals surface area contributed by atoms with Crippen LogP contribution in [0, 0.1) is 0 Å². The summed E-state index contributed by atoms with van der Waals surface area (Å²) in [5, 5.41) is 0.282. The smallest absolute Gasteiger partial charge is 0.262 e. The lowest BCUT2D eigenvalue weighted by Gasteiger charge is -2.09. The summed E-state index contributed by atoms with van der Waals surface area (Å²) in [5.74, 6) is 0. The Kier molecular flexibility index (Phi) is 3.33. The fourth-order valence-corrected chi connectivity index (χ4v) is 3.62. The highest BCUT2D eigenvalue weighted by atomic mass is 35.5. The molecule has 0 aliphatic rings. The van der Waals surface area contributed by atoms with Crippen LogP contribution in [0.4, 0.5) is 5.69 Å². The van der Waals surface area contributed by atoms with E-state index >= 15 is 0 Å². The first-order chi connectivity index (χ1) is 9.58. The fraction of sp³-hybridized carbons (Fsp3) is 0. The summed E-state index contributed by atoms with van der Waals surface area (Å²) in [6.07, 6.45) is 0. The van der Waals surface area contributed by atoms with Crippen LogP contribution in [0.15, 0.2) is 47.4 Å². The van der Waals surface area contributed by atoms with Gasteiger partial charge in [0.2, 0.25) is 0 Å². The molecule has 20 heavy (non-hydrogen) atoms. The first-order valence-electron chi connectivity index (χ1n) is 5.56. The molecule has 0 bridgehead atoms. The molecule has 1 N–H and O–H groups in total. The van der Waals surface area contributed by atoms with E-state index < -0.39 is 10.0 Å². The maximum absolute atomic E-state index is 12.3. The molecule has 0 aliphatic heterocycles. The molecule has 3 aromatic rings. The number of fused-ring (bicyclic) bond motifs is 1. The van der Waals surface area contributed by atoms with Crippen molar-refractivity contribution in [2.75, 3.05) is 4.72 Å². The maximum Gasteiger partial charge on any atom is 0.262 e. The van der Waals surface area contributed by atoms with E-state index in [1.54, 1.807) is 30.3 Å². The Morgan fingerprint density at radius 1 is 1.05 bits per heavy atom. The number of hydrogen-bond acceptors (Lipinski definition) is 5. The maximum atomic E-state index is 12.3. The molecule has 102 valence electrons. The Bertz CT molecular complexity index is 863. The van der Waals surface area contributed by atoms with Gasteiger partial charge in [0.15, 0.2) is 0 Å². The monoisotopic (exact) mass is 325 g/mol. The van der Waals surface area contributed by atoms with Crippen LogP contribution in [0.1, 0.15) is 0 Å². The van der Waals surface area contributed by atoms with Gasteiger partial charge < -0.3 is 0 Å². The minimum Gasteiger partial charge on any atom is -0.276 e. The van der Waals surface area contributed by atoms with Gasteiger partial charge in [-0.15, -0.1) is 0 Å². The number of anilines is 1. The van der Waals surface area contributed by atoms with E-state index in [0.717, 1.165) is 11.7 Å². The molecule has 1 aromatic heterocycles. The number of halogens is 1. The zero-order chi connectivity index (χ0) is 14.2. The number of nitrogens with zero attached hydrogens (tertiary/aromatic N) is 2. The van der Waals surface area contributed by atoms with E-state index in [0.29, 0.717) is 11.0 Å². The highest BCUT2D eigenvalue weighted by Gasteiger charge is 2.18. The number of aromatic nitrogens is 2. The highest BCUT2D eigenvalue weighted by molar-refractivity contribution is 7.92. The molecule has 0 aliphatic carbocycles. The molecule has 2 aromatic carbocycles. The largest absolute Gasteiger partial charge is 0.276 e. The van der Waals surface area contributed by atoms with E-state index in [-0.39, 0.29) is 15.6 Å². The lowest BCUT2D eigenvalue weighted by Crippen LogP contribution is -2.13. The van der Waals surface area contributed by atoms with Crippen LogP contribution in [0.2, 0.25) is 5.02 Å². The molecule has 5 nitrogen and oxygen atoms in total. The Morgan fingerprint density at radius 2 is 1.80 bits per heavy atom. The van der Waals surface area contributed by atoms with Gasteiger partial charge in [-0.2, -0.15) is 8.75 Å². The van der Waals surface area contributed by atoms with E-state index in [1.807, 2.05) is 0 Å². The van der Waals surface area contributed by atoms with Crippen LogP contribution in [0.5, 0.6) is 0 Å². The van der Waals surface area contributed by atoms with Gasteiger partial charge in [0, 0.05) is 0 Å². The van der Waals surface area contributed by atoms with Crippen molar-refractivity contribution in [3.63, 3.8) is 0 Å². The quantitative estimate of drug-likeness (QED) is 0.803. The summed E-state index contributed by atoms with van der Waals surface area (Å²) in [6.45, 7) is 0. The van der Waals surface area contributed by atoms with Crippen LogP contribution in [0.3, 0.4) is 0 Å². The van der Waals surface area contributed by atoms with Gasteiger partial charge in [0.25, 0.3) is 10.0 Å². The van der Waals surface area contributed by atoms with Crippen molar-refractivity contribution < 1.29 is 8.42 Å². The second-order valence-electron chi connectivity index (χ2n) is 3.97. The van der Waals surface area contributed by atoms with E-state index in [9.17, 15) is 8.42 Å². The normalized spacial score (nSPS) is 11.7. The summed E-state index contributed by atoms with van der Waals surface area (Å²) in [4.78, 5) is 0.163. The van der Waals surface area contributed by atoms with Crippen LogP contribution in [0.25, 0.3) is 11.0 Å². The molecule has 0 saturated carbocycles. The van der Waals surface area contributed by atoms with Crippen molar-refractivity contribution >= 4 is 50.1 Å². The third kappa shape index (κ3) is 2.35. The zero-order valence-electron chi connectivity index (χ0n) is 9.95. The van der Waals surface area contributed by atoms with E-state index in [4.69, 9.17) is 11.6 Å². The molecule has 3 rings (SSSR count). The van der Waals surface area contributed by atoms with Crippen molar-refractivity contribution in [2.24, 2.45) is 0 Å². The lowest BCUT2D eigenvalue weighted by molar-refractivity contribution is 0.601. The second-order valence-corrected chi connectivity index (χ2v) is 6.59. The number of sulfonamides is 1. The summed E-state index contributed by atoms with van der Waals surface area (Å²) in [6, 6.07) is 11.4. The SMILES string of the molecule is O=S(=O)(Nc1c(Cl)ccc2nsnc12)c1ccccc1. The summed E-state index contributed by atoms with van der Waals surface area (Å²) in [5.41, 5.74) is 1.30. The Balaban J connectivity index is 2.10. The molecule has 0 unspecified atom stereocenters. The summed E-state index contributed by atoms with van der Waals surface area (Å²) in [7, 11) is -3.70. The molecular formula is C12H8ClN3O2S2. The number of rotatable bonds is 3. The minimum atomic E-state index is -3.70. The summed E-state index contributed by atoms with van der Waals surface area (Å²) >= 11 is 7.07. The molecule has 8 heteroatoms. The average molecular weight is 326 g/mol. The van der Waals surface area contributed by atoms with Gasteiger partial charge in [-0.25, -0.2) is 8.42 Å². The lowest BCUT2D eigenvalue weighted by atomic mass is 10.3. The van der Waals surface area contributed by atoms with E-state index in [2.05, 4.69) is 13.5 Å². The minimum absolute atomic E-state index is 0.163. The van der Waals surface area contributed by atoms with Crippen molar-refractivity contribution in [3.8, 4) is 0 Å². The molecule has 0 spiro atoms. The highest BCUT2D eigenvalue weighted by Crippen LogP contribution is 2.31. The third-order valence-electron chi connectivity index (χ3n) is 2.67. The number of benzene rings is 2. The van der Waals surface area contributed by atoms with Gasteiger partial charge in [-0.1, -0.05) is 29.8 Å². The van der Waals surface area contributed by atoms with Crippen LogP contribution in [-0.4, -0.2) is 17.2 Å². The van der Waals surface area contributed by atoms with Crippen LogP contribution in [-0.2, 0) is 10.0 Å². The van der Waals surface area contributed by atoms with Crippen molar-refractivity contribution in [3.05, 3.63) is 47.5 Å². The number of hydrogen-bond donors (Lipinski definition) is 1. The van der Waals surface area contributed by atoms with Crippen molar-refractivity contribution in [1.29, 1.82) is 0 Å². The second kappa shape index (κ2) is 5.01. The third-order valence-corrected chi connectivity index (χ3v) is 4.89. The van der Waals surface area contributed by atoms with Crippen LogP contribution >= 0.6 is 23.3 Å². The Morgan fingerprint density at radius 3 is 2.55 bits per heavy atom. The fourth-order valence-electron chi connectivity index (χ4n) is 1.72. The molecular weight excluding hydrogens is 318 g/mol. The van der Waals surface area contributed by atoms with E-state index in [1.165, 1.54) is 12.1 Å². The predicted molar refractivity (Wildman–Crippen MR) is 79.7 cm³/mol. The molecule has 0 fully saturated rings. The van der Waals surface area contributed by atoms with Gasteiger partial charge in [-0.05, 0) is 24.3 Å². The van der Waals surface area contributed by atoms with Gasteiger partial charge in [0.05, 0.1) is 27.3 Å². The Labute approximate surface area is 124 Å². The van der Waals surface area contributed by atoms with Crippen molar-refractivity contribution in [2.45, 2.75) is 4.90 Å². The van der Waals surface area contributed by atoms with Gasteiger partial charge >= 0.3 is 0 Å². The molecule has 0 saturated heterocycles. The van der Waals surface area contributed by atoms with Gasteiger partial charge in [0.1, 0.15) is 11.0 Å². The average Bonchev–Trinajstić information content (AvgIpc) is 2.92. The Hall–Kier alpha value is -1.70. The standard InChI is InChI=1S/C12H8ClN3O2S2/c13-9-6-7-10-12(15-19-14-10)11(9)16-20(17,18)8-4-2-1-3-5-8/h1-7,16H. The number of nitrogens with one attached hydrogen (secondary N) is 1. The molecule has 0 amide bonds. The zero-order valence-corrected chi connectivity index (χ0v) is 12.3. The first-order valence-corrected chi connectivity index (χ1v) is 8.16. The van der Waals surface area contributed by atoms with Crippen molar-refractivity contribution in [1.82, 2.24) is 8.75 Å². The molecule has 0 atom stereocenters. The summed E-state index contributed by atoms with van der Waals surface area (Å²) < 4.78 is 35.2. The van der Waals surface area contributed by atoms with Crippen LogP contribution < -0.4 is 4.72 Å². The first kappa shape index (κ1) is 13.3.